The van der Waals surface area contributed by atoms with E-state index >= 15 is 0 Å². The fraction of sp³-hybridized carbons (Fsp3) is 0.571. The van der Waals surface area contributed by atoms with Crippen molar-refractivity contribution in [3.63, 3.8) is 0 Å². The van der Waals surface area contributed by atoms with Crippen molar-refractivity contribution in [3.05, 3.63) is 35.9 Å². The number of benzene rings is 1. The van der Waals surface area contributed by atoms with Crippen LogP contribution in [0.4, 0.5) is 0 Å². The molecule has 0 heterocycles. The molecule has 1 aliphatic carbocycles. The van der Waals surface area contributed by atoms with E-state index < -0.39 is 0 Å². The fourth-order valence-corrected chi connectivity index (χ4v) is 2.52. The quantitative estimate of drug-likeness (QED) is 0.786. The molecule has 0 spiro atoms. The molecule has 0 bridgehead atoms. The number of rotatable bonds is 6. The second-order valence-corrected chi connectivity index (χ2v) is 5.02. The van der Waals surface area contributed by atoms with Crippen molar-refractivity contribution in [2.75, 3.05) is 20.2 Å². The Morgan fingerprint density at radius 1 is 1.35 bits per heavy atom. The number of aliphatic hydroxyl groups is 1. The average Bonchev–Trinajstić information content (AvgIpc) is 2.33. The maximum absolute atomic E-state index is 9.38. The van der Waals surface area contributed by atoms with Gasteiger partial charge in [-0.3, -0.25) is 0 Å². The van der Waals surface area contributed by atoms with Crippen LogP contribution in [-0.2, 0) is 11.3 Å². The Morgan fingerprint density at radius 3 is 2.65 bits per heavy atom. The summed E-state index contributed by atoms with van der Waals surface area (Å²) >= 11 is 0. The number of hydrogen-bond donors (Lipinski definition) is 2. The Labute approximate surface area is 103 Å². The van der Waals surface area contributed by atoms with Crippen LogP contribution in [0.3, 0.4) is 0 Å². The molecule has 3 nitrogen and oxygen atoms in total. The molecule has 3 heteroatoms. The second kappa shape index (κ2) is 5.63. The van der Waals surface area contributed by atoms with Gasteiger partial charge < -0.3 is 15.2 Å². The molecular weight excluding hydrogens is 214 g/mol. The second-order valence-electron chi connectivity index (χ2n) is 5.02. The van der Waals surface area contributed by atoms with Gasteiger partial charge in [-0.15, -0.1) is 0 Å². The zero-order chi connectivity index (χ0) is 12.1. The molecule has 1 aliphatic rings. The van der Waals surface area contributed by atoms with E-state index in [2.05, 4.69) is 17.4 Å². The molecule has 0 aliphatic heterocycles. The lowest BCUT2D eigenvalue weighted by Crippen LogP contribution is -2.50. The van der Waals surface area contributed by atoms with Gasteiger partial charge in [0.25, 0.3) is 0 Å². The van der Waals surface area contributed by atoms with Crippen LogP contribution in [0.1, 0.15) is 18.4 Å². The minimum absolute atomic E-state index is 0.0517. The van der Waals surface area contributed by atoms with Gasteiger partial charge in [-0.25, -0.2) is 0 Å². The molecule has 2 rings (SSSR count). The van der Waals surface area contributed by atoms with Crippen molar-refractivity contribution in [2.45, 2.75) is 25.6 Å². The van der Waals surface area contributed by atoms with Crippen molar-refractivity contribution in [1.29, 1.82) is 0 Å². The summed E-state index contributed by atoms with van der Waals surface area (Å²) in [5.41, 5.74) is 1.26. The Balaban J connectivity index is 1.74. The van der Waals surface area contributed by atoms with Gasteiger partial charge in [0.05, 0.1) is 19.3 Å². The van der Waals surface area contributed by atoms with E-state index in [-0.39, 0.29) is 12.0 Å². The topological polar surface area (TPSA) is 41.5 Å². The first kappa shape index (κ1) is 12.6. The smallest absolute Gasteiger partial charge is 0.0720 e. The highest BCUT2D eigenvalue weighted by Gasteiger charge is 2.43. The highest BCUT2D eigenvalue weighted by atomic mass is 16.5. The van der Waals surface area contributed by atoms with Gasteiger partial charge in [-0.2, -0.15) is 0 Å². The first-order valence-electron chi connectivity index (χ1n) is 6.19. The Bertz CT molecular complexity index is 333. The average molecular weight is 235 g/mol. The highest BCUT2D eigenvalue weighted by molar-refractivity contribution is 5.13. The number of aliphatic hydroxyl groups excluding tert-OH is 1. The maximum Gasteiger partial charge on any atom is 0.0720 e. The minimum Gasteiger partial charge on any atom is -0.396 e. The molecule has 94 valence electrons. The molecule has 0 unspecified atom stereocenters. The summed E-state index contributed by atoms with van der Waals surface area (Å²) in [6.45, 7) is 1.79. The summed E-state index contributed by atoms with van der Waals surface area (Å²) in [6, 6.07) is 10.2. The van der Waals surface area contributed by atoms with Crippen LogP contribution in [0.25, 0.3) is 0 Å². The molecule has 0 saturated heterocycles. The van der Waals surface area contributed by atoms with E-state index in [1.165, 1.54) is 5.56 Å². The summed E-state index contributed by atoms with van der Waals surface area (Å²) < 4.78 is 5.83. The third-order valence-corrected chi connectivity index (χ3v) is 3.54. The van der Waals surface area contributed by atoms with Gasteiger partial charge in [0.15, 0.2) is 0 Å². The van der Waals surface area contributed by atoms with Gasteiger partial charge >= 0.3 is 0 Å². The Kier molecular flexibility index (Phi) is 4.15. The van der Waals surface area contributed by atoms with Crippen molar-refractivity contribution >= 4 is 0 Å². The zero-order valence-electron chi connectivity index (χ0n) is 10.4. The van der Waals surface area contributed by atoms with E-state index in [0.717, 1.165) is 19.4 Å². The van der Waals surface area contributed by atoms with Gasteiger partial charge in [0.1, 0.15) is 0 Å². The summed E-state index contributed by atoms with van der Waals surface area (Å²) in [6.07, 6.45) is 2.21. The summed E-state index contributed by atoms with van der Waals surface area (Å²) in [5.74, 6) is 0. The monoisotopic (exact) mass is 235 g/mol. The molecule has 0 amide bonds. The highest BCUT2D eigenvalue weighted by Crippen LogP contribution is 2.42. The fourth-order valence-electron chi connectivity index (χ4n) is 2.52. The molecule has 2 N–H and O–H groups in total. The van der Waals surface area contributed by atoms with Gasteiger partial charge in [0.2, 0.25) is 0 Å². The van der Waals surface area contributed by atoms with E-state index in [0.29, 0.717) is 12.7 Å². The minimum atomic E-state index is 0.0517. The van der Waals surface area contributed by atoms with Crippen LogP contribution < -0.4 is 5.32 Å². The van der Waals surface area contributed by atoms with Gasteiger partial charge in [-0.05, 0) is 25.5 Å². The number of nitrogens with one attached hydrogen (secondary N) is 1. The van der Waals surface area contributed by atoms with Crippen LogP contribution in [0.2, 0.25) is 0 Å². The van der Waals surface area contributed by atoms with Gasteiger partial charge in [-0.1, -0.05) is 30.3 Å². The molecule has 1 aromatic carbocycles. The third-order valence-electron chi connectivity index (χ3n) is 3.54. The predicted octanol–water partition coefficient (Wildman–Crippen LogP) is 1.56. The lowest BCUT2D eigenvalue weighted by Gasteiger charge is -2.46. The molecule has 0 radical (unpaired) electrons. The summed E-state index contributed by atoms with van der Waals surface area (Å²) in [7, 11) is 1.93. The number of hydrogen-bond acceptors (Lipinski definition) is 3. The van der Waals surface area contributed by atoms with Crippen LogP contribution in [-0.4, -0.2) is 31.4 Å². The van der Waals surface area contributed by atoms with Crippen LogP contribution >= 0.6 is 0 Å². The lowest BCUT2D eigenvalue weighted by molar-refractivity contribution is -0.106. The lowest BCUT2D eigenvalue weighted by atomic mass is 9.67. The standard InChI is InChI=1S/C14H21NO2/c1-15-10-14(11-16)7-13(8-14)17-9-12-5-3-2-4-6-12/h2-6,13,15-16H,7-11H2,1H3. The van der Waals surface area contributed by atoms with Crippen LogP contribution in [0, 0.1) is 5.41 Å². The zero-order valence-corrected chi connectivity index (χ0v) is 10.4. The Morgan fingerprint density at radius 2 is 2.06 bits per heavy atom. The molecule has 17 heavy (non-hydrogen) atoms. The molecular formula is C14H21NO2. The maximum atomic E-state index is 9.38. The molecule has 1 fully saturated rings. The molecule has 0 aromatic heterocycles. The largest absolute Gasteiger partial charge is 0.396 e. The first-order valence-corrected chi connectivity index (χ1v) is 6.19. The first-order chi connectivity index (χ1) is 8.28. The normalized spacial score (nSPS) is 27.8. The molecule has 0 atom stereocenters. The van der Waals surface area contributed by atoms with Crippen molar-refractivity contribution < 1.29 is 9.84 Å². The number of ether oxygens (including phenoxy) is 1. The van der Waals surface area contributed by atoms with E-state index in [4.69, 9.17) is 4.74 Å². The SMILES string of the molecule is CNCC1(CO)CC(OCc2ccccc2)C1. The predicted molar refractivity (Wildman–Crippen MR) is 67.7 cm³/mol. The summed E-state index contributed by atoms with van der Waals surface area (Å²) in [4.78, 5) is 0. The van der Waals surface area contributed by atoms with E-state index in [1.54, 1.807) is 0 Å². The van der Waals surface area contributed by atoms with Crippen molar-refractivity contribution in [1.82, 2.24) is 5.32 Å². The van der Waals surface area contributed by atoms with Crippen LogP contribution in [0.5, 0.6) is 0 Å². The Hall–Kier alpha value is -0.900. The summed E-state index contributed by atoms with van der Waals surface area (Å²) in [5, 5.41) is 12.5. The van der Waals surface area contributed by atoms with Gasteiger partial charge in [0, 0.05) is 12.0 Å². The van der Waals surface area contributed by atoms with E-state index in [1.807, 2.05) is 25.2 Å². The molecule has 1 saturated carbocycles. The van der Waals surface area contributed by atoms with Crippen molar-refractivity contribution in [3.8, 4) is 0 Å². The van der Waals surface area contributed by atoms with Crippen molar-refractivity contribution in [2.24, 2.45) is 5.41 Å². The third kappa shape index (κ3) is 3.06. The van der Waals surface area contributed by atoms with Crippen LogP contribution in [0.15, 0.2) is 30.3 Å². The van der Waals surface area contributed by atoms with E-state index in [9.17, 15) is 5.11 Å². The molecule has 1 aromatic rings.